The van der Waals surface area contributed by atoms with E-state index in [2.05, 4.69) is 5.32 Å². The molecule has 35 heavy (non-hydrogen) atoms. The minimum Gasteiger partial charge on any atom is -0.464 e. The minimum atomic E-state index is -1.06. The Bertz CT molecular complexity index is 1100. The standard InChI is InChI=1S/C28H31NO5S/c1-3-33-28(32)26(25-17-16-24(34-25)18-22-12-8-5-9-13-22)29-27(31)23(19-35-20(2)30)15-14-21-10-6-4-7-11-21/h4-13,16-17,23,26H,3,14-15,18-19H2,1-2H3,(H,29,31). The van der Waals surface area contributed by atoms with Gasteiger partial charge in [0.1, 0.15) is 11.5 Å². The van der Waals surface area contributed by atoms with Crippen molar-refractivity contribution in [3.63, 3.8) is 0 Å². The third kappa shape index (κ3) is 8.44. The number of amides is 1. The van der Waals surface area contributed by atoms with Gasteiger partial charge in [-0.3, -0.25) is 9.59 Å². The topological polar surface area (TPSA) is 85.6 Å². The highest BCUT2D eigenvalue weighted by Gasteiger charge is 2.30. The van der Waals surface area contributed by atoms with E-state index in [1.54, 1.807) is 19.1 Å². The van der Waals surface area contributed by atoms with E-state index in [9.17, 15) is 14.4 Å². The highest BCUT2D eigenvalue weighted by atomic mass is 32.2. The van der Waals surface area contributed by atoms with Crippen LogP contribution in [0, 0.1) is 5.92 Å². The number of rotatable bonds is 12. The number of benzene rings is 2. The molecule has 0 saturated carbocycles. The molecule has 3 aromatic rings. The monoisotopic (exact) mass is 493 g/mol. The van der Waals surface area contributed by atoms with Gasteiger partial charge in [0.25, 0.3) is 0 Å². The van der Waals surface area contributed by atoms with Crippen molar-refractivity contribution in [3.8, 4) is 0 Å². The van der Waals surface area contributed by atoms with Gasteiger partial charge in [0, 0.05) is 25.0 Å². The summed E-state index contributed by atoms with van der Waals surface area (Å²) in [7, 11) is 0. The first kappa shape index (κ1) is 26.3. The summed E-state index contributed by atoms with van der Waals surface area (Å²) in [5, 5.41) is 2.77. The fourth-order valence-electron chi connectivity index (χ4n) is 3.67. The number of furan rings is 1. The van der Waals surface area contributed by atoms with Crippen molar-refractivity contribution in [3.05, 3.63) is 95.4 Å². The van der Waals surface area contributed by atoms with Crippen LogP contribution in [0.4, 0.5) is 0 Å². The lowest BCUT2D eigenvalue weighted by Gasteiger charge is -2.20. The first-order chi connectivity index (χ1) is 17.0. The van der Waals surface area contributed by atoms with Crippen molar-refractivity contribution in [2.75, 3.05) is 12.4 Å². The summed E-state index contributed by atoms with van der Waals surface area (Å²) in [4.78, 5) is 37.6. The van der Waals surface area contributed by atoms with E-state index in [0.29, 0.717) is 36.5 Å². The lowest BCUT2D eigenvalue weighted by molar-refractivity contribution is -0.148. The molecule has 3 rings (SSSR count). The summed E-state index contributed by atoms with van der Waals surface area (Å²) in [5.41, 5.74) is 2.18. The van der Waals surface area contributed by atoms with Crippen LogP contribution in [0.2, 0.25) is 0 Å². The molecule has 0 aliphatic carbocycles. The molecular weight excluding hydrogens is 462 g/mol. The molecule has 0 aliphatic rings. The Morgan fingerprint density at radius 3 is 2.23 bits per heavy atom. The number of carbonyl (C=O) groups excluding carboxylic acids is 3. The molecule has 7 heteroatoms. The molecule has 184 valence electrons. The molecule has 1 amide bonds. The molecule has 2 aromatic carbocycles. The average molecular weight is 494 g/mol. The average Bonchev–Trinajstić information content (AvgIpc) is 3.31. The molecule has 0 fully saturated rings. The molecule has 2 unspecified atom stereocenters. The zero-order valence-corrected chi connectivity index (χ0v) is 20.9. The van der Waals surface area contributed by atoms with Gasteiger partial charge in [-0.25, -0.2) is 4.79 Å². The molecule has 0 spiro atoms. The van der Waals surface area contributed by atoms with E-state index in [-0.39, 0.29) is 17.6 Å². The maximum atomic E-state index is 13.3. The molecule has 2 atom stereocenters. The lowest BCUT2D eigenvalue weighted by atomic mass is 9.99. The quantitative estimate of drug-likeness (QED) is 0.353. The fraction of sp³-hybridized carbons (Fsp3) is 0.321. The number of hydrogen-bond donors (Lipinski definition) is 1. The molecule has 1 aromatic heterocycles. The number of aryl methyl sites for hydroxylation is 1. The molecule has 0 saturated heterocycles. The van der Waals surface area contributed by atoms with Crippen LogP contribution in [0.25, 0.3) is 0 Å². The maximum Gasteiger partial charge on any atom is 0.336 e. The fourth-order valence-corrected chi connectivity index (χ4v) is 4.42. The third-order valence-corrected chi connectivity index (χ3v) is 6.46. The molecule has 0 radical (unpaired) electrons. The van der Waals surface area contributed by atoms with E-state index in [1.807, 2.05) is 60.7 Å². The Morgan fingerprint density at radius 2 is 1.60 bits per heavy atom. The SMILES string of the molecule is CCOC(=O)C(NC(=O)C(CCc1ccccc1)CSC(C)=O)c1ccc(Cc2ccccc2)o1. The first-order valence-electron chi connectivity index (χ1n) is 11.7. The predicted molar refractivity (Wildman–Crippen MR) is 137 cm³/mol. The summed E-state index contributed by atoms with van der Waals surface area (Å²) in [6.45, 7) is 3.38. The third-order valence-electron chi connectivity index (χ3n) is 5.48. The summed E-state index contributed by atoms with van der Waals surface area (Å²) in [6.07, 6.45) is 1.80. The Balaban J connectivity index is 1.74. The summed E-state index contributed by atoms with van der Waals surface area (Å²) < 4.78 is 11.2. The Kier molecular flexibility index (Phi) is 10.2. The molecule has 0 bridgehead atoms. The zero-order chi connectivity index (χ0) is 25.0. The lowest BCUT2D eigenvalue weighted by Crippen LogP contribution is -2.39. The molecule has 0 aliphatic heterocycles. The summed E-state index contributed by atoms with van der Waals surface area (Å²) >= 11 is 1.11. The number of carbonyl (C=O) groups is 3. The van der Waals surface area contributed by atoms with Crippen molar-refractivity contribution < 1.29 is 23.5 Å². The second kappa shape index (κ2) is 13.5. The molecule has 6 nitrogen and oxygen atoms in total. The number of hydrogen-bond acceptors (Lipinski definition) is 6. The second-order valence-electron chi connectivity index (χ2n) is 8.18. The van der Waals surface area contributed by atoms with E-state index >= 15 is 0 Å². The van der Waals surface area contributed by atoms with Gasteiger partial charge < -0.3 is 14.5 Å². The summed E-state index contributed by atoms with van der Waals surface area (Å²) in [5.74, 6) is -0.0108. The van der Waals surface area contributed by atoms with Crippen LogP contribution in [0.1, 0.15) is 49.0 Å². The molecule has 1 N–H and O–H groups in total. The Morgan fingerprint density at radius 1 is 0.943 bits per heavy atom. The van der Waals surface area contributed by atoms with E-state index in [4.69, 9.17) is 9.15 Å². The normalized spacial score (nSPS) is 12.5. The predicted octanol–water partition coefficient (Wildman–Crippen LogP) is 5.12. The van der Waals surface area contributed by atoms with Crippen LogP contribution < -0.4 is 5.32 Å². The molecular formula is C28H31NO5S. The number of esters is 1. The highest BCUT2D eigenvalue weighted by molar-refractivity contribution is 8.13. The number of thioether (sulfide) groups is 1. The van der Waals surface area contributed by atoms with Gasteiger partial charge in [0.2, 0.25) is 5.91 Å². The minimum absolute atomic E-state index is 0.0546. The van der Waals surface area contributed by atoms with Crippen LogP contribution >= 0.6 is 11.8 Å². The summed E-state index contributed by atoms with van der Waals surface area (Å²) in [6, 6.07) is 22.2. The van der Waals surface area contributed by atoms with Gasteiger partial charge in [-0.1, -0.05) is 72.4 Å². The van der Waals surface area contributed by atoms with Crippen molar-refractivity contribution in [2.24, 2.45) is 5.92 Å². The van der Waals surface area contributed by atoms with Crippen molar-refractivity contribution >= 4 is 28.8 Å². The Labute approximate surface area is 210 Å². The number of nitrogens with one attached hydrogen (secondary N) is 1. The van der Waals surface area contributed by atoms with Crippen LogP contribution in [0.3, 0.4) is 0 Å². The van der Waals surface area contributed by atoms with Crippen LogP contribution in [0.15, 0.2) is 77.2 Å². The van der Waals surface area contributed by atoms with Crippen molar-refractivity contribution in [2.45, 2.75) is 39.2 Å². The highest BCUT2D eigenvalue weighted by Crippen LogP contribution is 2.23. The first-order valence-corrected chi connectivity index (χ1v) is 12.7. The number of ether oxygens (including phenoxy) is 1. The van der Waals surface area contributed by atoms with Gasteiger partial charge in [0.05, 0.1) is 6.61 Å². The van der Waals surface area contributed by atoms with Crippen molar-refractivity contribution in [1.29, 1.82) is 0 Å². The van der Waals surface area contributed by atoms with Gasteiger partial charge in [-0.15, -0.1) is 0 Å². The zero-order valence-electron chi connectivity index (χ0n) is 20.1. The van der Waals surface area contributed by atoms with E-state index in [1.165, 1.54) is 6.92 Å². The van der Waals surface area contributed by atoms with Crippen LogP contribution in [-0.4, -0.2) is 29.4 Å². The maximum absolute atomic E-state index is 13.3. The second-order valence-corrected chi connectivity index (χ2v) is 9.38. The van der Waals surface area contributed by atoms with Gasteiger partial charge in [0.15, 0.2) is 11.2 Å². The van der Waals surface area contributed by atoms with Gasteiger partial charge in [-0.05, 0) is 43.0 Å². The van der Waals surface area contributed by atoms with Crippen molar-refractivity contribution in [1.82, 2.24) is 5.32 Å². The van der Waals surface area contributed by atoms with E-state index < -0.39 is 17.9 Å². The van der Waals surface area contributed by atoms with E-state index in [0.717, 1.165) is 22.9 Å². The van der Waals surface area contributed by atoms with Gasteiger partial charge >= 0.3 is 5.97 Å². The Hall–Kier alpha value is -3.32. The molecule has 1 heterocycles. The van der Waals surface area contributed by atoms with Gasteiger partial charge in [-0.2, -0.15) is 0 Å². The smallest absolute Gasteiger partial charge is 0.336 e. The largest absolute Gasteiger partial charge is 0.464 e. The van der Waals surface area contributed by atoms with Crippen LogP contribution in [-0.2, 0) is 32.0 Å². The van der Waals surface area contributed by atoms with Crippen LogP contribution in [0.5, 0.6) is 0 Å².